The molecule has 0 saturated heterocycles. The van der Waals surface area contributed by atoms with E-state index < -0.39 is 12.7 Å². The summed E-state index contributed by atoms with van der Waals surface area (Å²) >= 11 is 4.94. The van der Waals surface area contributed by atoms with Crippen molar-refractivity contribution in [3.8, 4) is 0 Å². The molecular weight excluding hydrogens is 305 g/mol. The summed E-state index contributed by atoms with van der Waals surface area (Å²) in [7, 11) is 0. The van der Waals surface area contributed by atoms with E-state index in [-0.39, 0.29) is 0 Å². The molecule has 1 rings (SSSR count). The second-order valence-corrected chi connectivity index (χ2v) is 5.11. The third-order valence-electron chi connectivity index (χ3n) is 1.72. The Morgan fingerprint density at radius 1 is 1.25 bits per heavy atom. The lowest BCUT2D eigenvalue weighted by atomic mass is 10.4. The Balaban J connectivity index is 2.00. The van der Waals surface area contributed by atoms with Gasteiger partial charge in [0, 0.05) is 34.4 Å². The number of halogens is 4. The smallest absolute Gasteiger partial charge is 0.311 e. The van der Waals surface area contributed by atoms with Gasteiger partial charge in [0.25, 0.3) is 0 Å². The molecule has 1 aromatic heterocycles. The fourth-order valence-corrected chi connectivity index (χ4v) is 2.49. The van der Waals surface area contributed by atoms with Crippen LogP contribution in [0, 0.1) is 0 Å². The van der Waals surface area contributed by atoms with Crippen LogP contribution in [0.1, 0.15) is 4.88 Å². The van der Waals surface area contributed by atoms with Crippen molar-refractivity contribution in [1.29, 1.82) is 0 Å². The number of thiophene rings is 1. The quantitative estimate of drug-likeness (QED) is 0.789. The Kier molecular flexibility index (Phi) is 5.74. The molecule has 0 atom stereocenters. The van der Waals surface area contributed by atoms with Crippen LogP contribution in [-0.2, 0) is 6.54 Å². The topological polar surface area (TPSA) is 24.1 Å². The third-order valence-corrected chi connectivity index (χ3v) is 3.42. The first-order chi connectivity index (χ1) is 7.47. The van der Waals surface area contributed by atoms with Crippen LogP contribution in [0.2, 0.25) is 0 Å². The Morgan fingerprint density at radius 2 is 1.94 bits per heavy atom. The van der Waals surface area contributed by atoms with Crippen molar-refractivity contribution in [2.45, 2.75) is 12.7 Å². The van der Waals surface area contributed by atoms with Gasteiger partial charge in [-0.2, -0.15) is 13.2 Å². The second-order valence-electron chi connectivity index (χ2n) is 3.20. The molecule has 0 radical (unpaired) electrons. The van der Waals surface area contributed by atoms with Crippen LogP contribution < -0.4 is 10.6 Å². The van der Waals surface area contributed by atoms with Gasteiger partial charge in [0.15, 0.2) is 0 Å². The first-order valence-corrected chi connectivity index (χ1v) is 6.36. The zero-order chi connectivity index (χ0) is 12.0. The highest BCUT2D eigenvalue weighted by molar-refractivity contribution is 9.10. The van der Waals surface area contributed by atoms with E-state index >= 15 is 0 Å². The van der Waals surface area contributed by atoms with Crippen LogP contribution in [0.25, 0.3) is 0 Å². The fourth-order valence-electron chi connectivity index (χ4n) is 1.07. The van der Waals surface area contributed by atoms with Crippen LogP contribution in [0.4, 0.5) is 13.2 Å². The van der Waals surface area contributed by atoms with Crippen LogP contribution >= 0.6 is 27.3 Å². The minimum Gasteiger partial charge on any atom is -0.311 e. The van der Waals surface area contributed by atoms with Crippen molar-refractivity contribution in [3.63, 3.8) is 0 Å². The van der Waals surface area contributed by atoms with E-state index in [0.29, 0.717) is 19.6 Å². The van der Waals surface area contributed by atoms with Crippen LogP contribution in [0.3, 0.4) is 0 Å². The van der Waals surface area contributed by atoms with E-state index in [0.717, 1.165) is 9.35 Å². The van der Waals surface area contributed by atoms with Gasteiger partial charge in [-0.05, 0) is 22.0 Å². The minimum atomic E-state index is -4.13. The largest absolute Gasteiger partial charge is 0.401 e. The molecule has 2 N–H and O–H groups in total. The SMILES string of the molecule is FC(F)(F)CNCCNCc1cc(Br)cs1. The molecule has 0 unspecified atom stereocenters. The molecule has 0 aliphatic rings. The molecular formula is C9H12BrF3N2S. The summed E-state index contributed by atoms with van der Waals surface area (Å²) in [4.78, 5) is 1.16. The van der Waals surface area contributed by atoms with Gasteiger partial charge in [0.05, 0.1) is 6.54 Å². The van der Waals surface area contributed by atoms with Crippen LogP contribution in [0.5, 0.6) is 0 Å². The lowest BCUT2D eigenvalue weighted by Crippen LogP contribution is -2.33. The van der Waals surface area contributed by atoms with Gasteiger partial charge < -0.3 is 10.6 Å². The monoisotopic (exact) mass is 316 g/mol. The van der Waals surface area contributed by atoms with Crippen molar-refractivity contribution in [3.05, 3.63) is 20.8 Å². The molecule has 7 heteroatoms. The number of alkyl halides is 3. The fraction of sp³-hybridized carbons (Fsp3) is 0.556. The lowest BCUT2D eigenvalue weighted by Gasteiger charge is -2.08. The first kappa shape index (κ1) is 14.0. The highest BCUT2D eigenvalue weighted by Gasteiger charge is 2.25. The Labute approximate surface area is 104 Å². The van der Waals surface area contributed by atoms with Gasteiger partial charge in [0.2, 0.25) is 0 Å². The Bertz CT molecular complexity index is 314. The summed E-state index contributed by atoms with van der Waals surface area (Å²) in [6.45, 7) is 0.584. The van der Waals surface area contributed by atoms with E-state index in [1.54, 1.807) is 11.3 Å². The van der Waals surface area contributed by atoms with E-state index in [4.69, 9.17) is 0 Å². The summed E-state index contributed by atoms with van der Waals surface area (Å²) in [5.74, 6) is 0. The van der Waals surface area contributed by atoms with E-state index in [1.807, 2.05) is 11.4 Å². The third kappa shape index (κ3) is 6.47. The van der Waals surface area contributed by atoms with Gasteiger partial charge in [-0.15, -0.1) is 11.3 Å². The predicted octanol–water partition coefficient (Wildman–Crippen LogP) is 2.75. The van der Waals surface area contributed by atoms with Crippen molar-refractivity contribution in [2.75, 3.05) is 19.6 Å². The lowest BCUT2D eigenvalue weighted by molar-refractivity contribution is -0.124. The summed E-state index contributed by atoms with van der Waals surface area (Å²) in [5.41, 5.74) is 0. The van der Waals surface area contributed by atoms with Gasteiger partial charge >= 0.3 is 6.18 Å². The molecule has 0 fully saturated rings. The summed E-state index contributed by atoms with van der Waals surface area (Å²) in [6, 6.07) is 1.99. The molecule has 92 valence electrons. The molecule has 0 amide bonds. The summed E-state index contributed by atoms with van der Waals surface area (Å²) in [5, 5.41) is 7.36. The predicted molar refractivity (Wildman–Crippen MR) is 62.7 cm³/mol. The molecule has 0 spiro atoms. The zero-order valence-electron chi connectivity index (χ0n) is 8.40. The highest BCUT2D eigenvalue weighted by atomic mass is 79.9. The van der Waals surface area contributed by atoms with Gasteiger partial charge in [-0.3, -0.25) is 0 Å². The second kappa shape index (κ2) is 6.58. The normalized spacial score (nSPS) is 12.0. The molecule has 0 bridgehead atoms. The molecule has 1 aromatic rings. The molecule has 0 aromatic carbocycles. The maximum Gasteiger partial charge on any atom is 0.401 e. The maximum absolute atomic E-state index is 11.7. The molecule has 16 heavy (non-hydrogen) atoms. The van der Waals surface area contributed by atoms with E-state index in [2.05, 4.69) is 26.6 Å². The van der Waals surface area contributed by atoms with Crippen molar-refractivity contribution in [1.82, 2.24) is 10.6 Å². The van der Waals surface area contributed by atoms with Gasteiger partial charge in [-0.25, -0.2) is 0 Å². The first-order valence-electron chi connectivity index (χ1n) is 4.68. The standard InChI is InChI=1S/C9H12BrF3N2S/c10-7-3-8(16-5-7)4-14-1-2-15-6-9(11,12)13/h3,5,14-15H,1-2,4,6H2. The molecule has 2 nitrogen and oxygen atoms in total. The Morgan fingerprint density at radius 3 is 2.50 bits per heavy atom. The molecule has 0 aliphatic heterocycles. The van der Waals surface area contributed by atoms with E-state index in [9.17, 15) is 13.2 Å². The summed E-state index contributed by atoms with van der Waals surface area (Å²) < 4.78 is 36.3. The number of hydrogen-bond acceptors (Lipinski definition) is 3. The molecule has 0 aliphatic carbocycles. The van der Waals surface area contributed by atoms with Crippen molar-refractivity contribution < 1.29 is 13.2 Å². The van der Waals surface area contributed by atoms with Crippen LogP contribution in [0.15, 0.2) is 15.9 Å². The molecule has 0 saturated carbocycles. The Hall–Kier alpha value is -0.110. The highest BCUT2D eigenvalue weighted by Crippen LogP contribution is 2.19. The van der Waals surface area contributed by atoms with Gasteiger partial charge in [0.1, 0.15) is 0 Å². The number of hydrogen-bond donors (Lipinski definition) is 2. The van der Waals surface area contributed by atoms with E-state index in [1.165, 1.54) is 0 Å². The molecule has 1 heterocycles. The maximum atomic E-state index is 11.7. The van der Waals surface area contributed by atoms with Crippen molar-refractivity contribution >= 4 is 27.3 Å². The average Bonchev–Trinajstić information content (AvgIpc) is 2.56. The summed E-state index contributed by atoms with van der Waals surface area (Å²) in [6.07, 6.45) is -4.13. The number of nitrogens with one attached hydrogen (secondary N) is 2. The van der Waals surface area contributed by atoms with Gasteiger partial charge in [-0.1, -0.05) is 0 Å². The number of rotatable bonds is 6. The average molecular weight is 317 g/mol. The minimum absolute atomic E-state index is 0.312. The van der Waals surface area contributed by atoms with Crippen LogP contribution in [-0.4, -0.2) is 25.8 Å². The zero-order valence-corrected chi connectivity index (χ0v) is 10.8. The van der Waals surface area contributed by atoms with Crippen molar-refractivity contribution in [2.24, 2.45) is 0 Å².